The normalized spacial score (nSPS) is 12.7. The van der Waals surface area contributed by atoms with Gasteiger partial charge in [-0.05, 0) is 132 Å². The van der Waals surface area contributed by atoms with Gasteiger partial charge in [0.05, 0.1) is 5.41 Å². The highest BCUT2D eigenvalue weighted by molar-refractivity contribution is 5.99. The van der Waals surface area contributed by atoms with Crippen molar-refractivity contribution >= 4 is 27.8 Å². The summed E-state index contributed by atoms with van der Waals surface area (Å²) in [5.41, 5.74) is 19.2. The molecule has 0 amide bonds. The van der Waals surface area contributed by atoms with Crippen LogP contribution in [0.15, 0.2) is 261 Å². The minimum absolute atomic E-state index is 0.545. The SMILES string of the molecule is c1ccc(-c2ccc(N(c3ccc4c(c3)Oc3cc5ccccc5cc3-c3ccc(-c5ccccc5)cc3-4)c3ccc4c(c3)C(c3ccccc3)(c3ccccc3)c3ccccc3-4)cc2)cc1. The molecule has 0 saturated heterocycles. The molecule has 2 nitrogen and oxygen atoms in total. The molecular formula is C65H43NO. The molecule has 0 spiro atoms. The molecule has 0 fully saturated rings. The fourth-order valence-electron chi connectivity index (χ4n) is 10.9. The second-order valence-corrected chi connectivity index (χ2v) is 17.6. The molecule has 13 rings (SSSR count). The molecule has 0 bridgehead atoms. The van der Waals surface area contributed by atoms with E-state index >= 15 is 0 Å². The van der Waals surface area contributed by atoms with E-state index < -0.39 is 5.41 Å². The minimum atomic E-state index is -0.545. The van der Waals surface area contributed by atoms with Crippen LogP contribution in [0.3, 0.4) is 0 Å². The van der Waals surface area contributed by atoms with Crippen LogP contribution in [0.4, 0.5) is 17.1 Å². The highest BCUT2D eigenvalue weighted by Gasteiger charge is 2.46. The third-order valence-electron chi connectivity index (χ3n) is 13.9. The van der Waals surface area contributed by atoms with Gasteiger partial charge in [-0.1, -0.05) is 200 Å². The second-order valence-electron chi connectivity index (χ2n) is 17.6. The predicted molar refractivity (Wildman–Crippen MR) is 278 cm³/mol. The van der Waals surface area contributed by atoms with Crippen molar-refractivity contribution in [3.63, 3.8) is 0 Å². The molecule has 0 radical (unpaired) electrons. The summed E-state index contributed by atoms with van der Waals surface area (Å²) in [5, 5.41) is 2.32. The molecule has 11 aromatic rings. The van der Waals surface area contributed by atoms with Gasteiger partial charge in [0.2, 0.25) is 0 Å². The lowest BCUT2D eigenvalue weighted by atomic mass is 9.67. The maximum absolute atomic E-state index is 7.22. The molecule has 1 aliphatic carbocycles. The molecular weight excluding hydrogens is 811 g/mol. The summed E-state index contributed by atoms with van der Waals surface area (Å²) < 4.78 is 7.22. The van der Waals surface area contributed by atoms with Crippen molar-refractivity contribution in [2.75, 3.05) is 4.90 Å². The molecule has 0 N–H and O–H groups in total. The van der Waals surface area contributed by atoms with Crippen molar-refractivity contribution < 1.29 is 4.74 Å². The number of rotatable bonds is 7. The van der Waals surface area contributed by atoms with Crippen LogP contribution >= 0.6 is 0 Å². The van der Waals surface area contributed by atoms with E-state index in [9.17, 15) is 0 Å². The van der Waals surface area contributed by atoms with Crippen molar-refractivity contribution in [2.24, 2.45) is 0 Å². The van der Waals surface area contributed by atoms with Crippen LogP contribution in [0.25, 0.3) is 66.4 Å². The highest BCUT2D eigenvalue weighted by Crippen LogP contribution is 2.58. The zero-order valence-electron chi connectivity index (χ0n) is 36.7. The van der Waals surface area contributed by atoms with Crippen LogP contribution in [0.5, 0.6) is 11.5 Å². The van der Waals surface area contributed by atoms with Crippen molar-refractivity contribution in [3.8, 4) is 67.1 Å². The first-order valence-corrected chi connectivity index (χ1v) is 23.1. The standard InChI is InChI=1S/C65H43NO/c1-5-17-44(18-6-1)46-29-32-52(33-30-46)66(53-34-37-57-56-27-15-16-28-61(56)65(62(57)42-53,50-23-9-3-10-24-50)51-25-11-4-12-26-51)54-35-38-58-59-39-49(45-19-7-2-8-20-45)31-36-55(59)60-40-47-21-13-14-22-48(47)41-63(60)67-64(58)43-54/h1-43H. The molecule has 11 aromatic carbocycles. The summed E-state index contributed by atoms with van der Waals surface area (Å²) in [7, 11) is 0. The number of ether oxygens (including phenoxy) is 1. The van der Waals surface area contributed by atoms with Gasteiger partial charge in [0.15, 0.2) is 0 Å². The lowest BCUT2D eigenvalue weighted by Gasteiger charge is -2.35. The van der Waals surface area contributed by atoms with E-state index in [0.29, 0.717) is 0 Å². The Balaban J connectivity index is 1.04. The monoisotopic (exact) mass is 853 g/mol. The number of nitrogens with zero attached hydrogens (tertiary/aromatic N) is 1. The van der Waals surface area contributed by atoms with Gasteiger partial charge in [-0.3, -0.25) is 0 Å². The summed E-state index contributed by atoms with van der Waals surface area (Å²) >= 11 is 0. The van der Waals surface area contributed by atoms with Gasteiger partial charge in [0.25, 0.3) is 0 Å². The van der Waals surface area contributed by atoms with E-state index in [2.05, 4.69) is 266 Å². The van der Waals surface area contributed by atoms with E-state index in [0.717, 1.165) is 56.2 Å². The van der Waals surface area contributed by atoms with Gasteiger partial charge >= 0.3 is 0 Å². The maximum atomic E-state index is 7.22. The fraction of sp³-hybridized carbons (Fsp3) is 0.0154. The Kier molecular flexibility index (Phi) is 9.11. The first kappa shape index (κ1) is 38.7. The first-order valence-electron chi connectivity index (χ1n) is 23.1. The van der Waals surface area contributed by atoms with E-state index in [4.69, 9.17) is 4.74 Å². The third-order valence-corrected chi connectivity index (χ3v) is 13.9. The molecule has 2 aliphatic rings. The Morgan fingerprint density at radius 3 is 1.43 bits per heavy atom. The van der Waals surface area contributed by atoms with Crippen LogP contribution in [-0.4, -0.2) is 0 Å². The average molecular weight is 854 g/mol. The van der Waals surface area contributed by atoms with Gasteiger partial charge in [0, 0.05) is 34.3 Å². The first-order chi connectivity index (χ1) is 33.2. The number of hydrogen-bond donors (Lipinski definition) is 0. The van der Waals surface area contributed by atoms with Gasteiger partial charge in [-0.25, -0.2) is 0 Å². The summed E-state index contributed by atoms with van der Waals surface area (Å²) in [6, 6.07) is 95.0. The molecule has 0 aromatic heterocycles. The molecule has 0 atom stereocenters. The zero-order valence-corrected chi connectivity index (χ0v) is 36.7. The van der Waals surface area contributed by atoms with Crippen LogP contribution in [0.2, 0.25) is 0 Å². The molecule has 314 valence electrons. The number of benzene rings is 11. The highest BCUT2D eigenvalue weighted by atomic mass is 16.5. The summed E-state index contributed by atoms with van der Waals surface area (Å²) in [5.74, 6) is 1.65. The smallest absolute Gasteiger partial charge is 0.137 e. The van der Waals surface area contributed by atoms with Crippen LogP contribution in [0.1, 0.15) is 22.3 Å². The van der Waals surface area contributed by atoms with Crippen molar-refractivity contribution in [3.05, 3.63) is 283 Å². The Bertz CT molecular complexity index is 3600. The van der Waals surface area contributed by atoms with Crippen LogP contribution in [0, 0.1) is 0 Å². The summed E-state index contributed by atoms with van der Waals surface area (Å²) in [4.78, 5) is 2.40. The lowest BCUT2D eigenvalue weighted by Crippen LogP contribution is -2.28. The quantitative estimate of drug-likeness (QED) is 0.158. The average Bonchev–Trinajstić information content (AvgIpc) is 3.62. The van der Waals surface area contributed by atoms with Crippen molar-refractivity contribution in [1.29, 1.82) is 0 Å². The van der Waals surface area contributed by atoms with Gasteiger partial charge < -0.3 is 9.64 Å². The van der Waals surface area contributed by atoms with E-state index in [1.165, 1.54) is 61.0 Å². The molecule has 1 heterocycles. The topological polar surface area (TPSA) is 12.5 Å². The minimum Gasteiger partial charge on any atom is -0.456 e. The Hall–Kier alpha value is -8.72. The molecule has 1 aliphatic heterocycles. The van der Waals surface area contributed by atoms with E-state index in [1.54, 1.807) is 0 Å². The van der Waals surface area contributed by atoms with Gasteiger partial charge in [-0.2, -0.15) is 0 Å². The van der Waals surface area contributed by atoms with Crippen molar-refractivity contribution in [2.45, 2.75) is 5.41 Å². The van der Waals surface area contributed by atoms with Crippen molar-refractivity contribution in [1.82, 2.24) is 0 Å². The fourth-order valence-corrected chi connectivity index (χ4v) is 10.9. The molecule has 0 saturated carbocycles. The predicted octanol–water partition coefficient (Wildman–Crippen LogP) is 17.4. The van der Waals surface area contributed by atoms with Gasteiger partial charge in [0.1, 0.15) is 11.5 Å². The Morgan fingerprint density at radius 1 is 0.269 bits per heavy atom. The molecule has 0 unspecified atom stereocenters. The van der Waals surface area contributed by atoms with Crippen LogP contribution < -0.4 is 9.64 Å². The zero-order chi connectivity index (χ0) is 44.3. The number of fused-ring (bicyclic) bond motifs is 9. The number of hydrogen-bond acceptors (Lipinski definition) is 2. The lowest BCUT2D eigenvalue weighted by molar-refractivity contribution is 0.488. The maximum Gasteiger partial charge on any atom is 0.137 e. The van der Waals surface area contributed by atoms with Crippen LogP contribution in [-0.2, 0) is 5.41 Å². The van der Waals surface area contributed by atoms with E-state index in [-0.39, 0.29) is 0 Å². The summed E-state index contributed by atoms with van der Waals surface area (Å²) in [6.45, 7) is 0. The second kappa shape index (κ2) is 15.8. The number of anilines is 3. The molecule has 2 heteroatoms. The molecule has 67 heavy (non-hydrogen) atoms. The van der Waals surface area contributed by atoms with Gasteiger partial charge in [-0.15, -0.1) is 0 Å². The largest absolute Gasteiger partial charge is 0.456 e. The Morgan fingerprint density at radius 2 is 0.746 bits per heavy atom. The third kappa shape index (κ3) is 6.33. The Labute approximate surface area is 391 Å². The summed E-state index contributed by atoms with van der Waals surface area (Å²) in [6.07, 6.45) is 0. The van der Waals surface area contributed by atoms with E-state index in [1.807, 2.05) is 0 Å².